The topological polar surface area (TPSA) is 78.0 Å². The Hall–Kier alpha value is -1.60. The Balaban J connectivity index is 2.00. The number of hydrogen-bond acceptors (Lipinski definition) is 5. The van der Waals surface area contributed by atoms with Crippen LogP contribution < -0.4 is 11.4 Å². The lowest BCUT2D eigenvalue weighted by atomic mass is 9.97. The standard InChI is InChI=1S/C15H17N3O2S2/c16-13(19)9-22-14-11-5-1-2-6-12(11)18(15(20)17-14)8-10-4-3-7-21-10/h3-4,7H,1-2,5-6,8-9H2,(H2,16,19). The summed E-state index contributed by atoms with van der Waals surface area (Å²) in [6.07, 6.45) is 3.98. The number of aromatic nitrogens is 2. The van der Waals surface area contributed by atoms with Gasteiger partial charge in [-0.25, -0.2) is 4.79 Å². The van der Waals surface area contributed by atoms with Gasteiger partial charge in [0.2, 0.25) is 5.91 Å². The summed E-state index contributed by atoms with van der Waals surface area (Å²) in [6, 6.07) is 4.02. The molecule has 1 aliphatic carbocycles. The third kappa shape index (κ3) is 3.25. The van der Waals surface area contributed by atoms with E-state index in [2.05, 4.69) is 4.98 Å². The Morgan fingerprint density at radius 3 is 2.95 bits per heavy atom. The first kappa shape index (κ1) is 15.3. The minimum absolute atomic E-state index is 0.161. The average Bonchev–Trinajstić information content (AvgIpc) is 3.01. The molecule has 0 saturated carbocycles. The molecule has 0 saturated heterocycles. The second-order valence-electron chi connectivity index (χ2n) is 5.25. The van der Waals surface area contributed by atoms with Crippen LogP contribution in [0.15, 0.2) is 27.3 Å². The van der Waals surface area contributed by atoms with E-state index in [4.69, 9.17) is 5.73 Å². The van der Waals surface area contributed by atoms with Gasteiger partial charge in [0.1, 0.15) is 5.03 Å². The highest BCUT2D eigenvalue weighted by Gasteiger charge is 2.21. The number of carbonyl (C=O) groups is 1. The predicted octanol–water partition coefficient (Wildman–Crippen LogP) is 1.81. The maximum Gasteiger partial charge on any atom is 0.349 e. The lowest BCUT2D eigenvalue weighted by Gasteiger charge is -2.22. The normalized spacial score (nSPS) is 13.8. The zero-order chi connectivity index (χ0) is 15.5. The van der Waals surface area contributed by atoms with E-state index in [0.29, 0.717) is 11.6 Å². The number of nitrogens with two attached hydrogens (primary N) is 1. The molecular formula is C15H17N3O2S2. The first-order valence-corrected chi connectivity index (χ1v) is 9.08. The minimum atomic E-state index is -0.390. The summed E-state index contributed by atoms with van der Waals surface area (Å²) in [4.78, 5) is 28.8. The summed E-state index contributed by atoms with van der Waals surface area (Å²) < 4.78 is 1.79. The average molecular weight is 335 g/mol. The van der Waals surface area contributed by atoms with Crippen molar-refractivity contribution in [2.45, 2.75) is 37.3 Å². The number of nitrogens with zero attached hydrogens (tertiary/aromatic N) is 2. The summed E-state index contributed by atoms with van der Waals surface area (Å²) in [7, 11) is 0. The van der Waals surface area contributed by atoms with Gasteiger partial charge in [-0.3, -0.25) is 9.36 Å². The van der Waals surface area contributed by atoms with Crippen LogP contribution in [0.5, 0.6) is 0 Å². The fourth-order valence-electron chi connectivity index (χ4n) is 2.73. The SMILES string of the molecule is NC(=O)CSc1nc(=O)n(Cc2cccs2)c2c1CCCC2. The van der Waals surface area contributed by atoms with Crippen molar-refractivity contribution >= 4 is 29.0 Å². The first-order valence-electron chi connectivity index (χ1n) is 7.21. The molecule has 116 valence electrons. The van der Waals surface area contributed by atoms with E-state index in [-0.39, 0.29) is 17.3 Å². The molecular weight excluding hydrogens is 318 g/mol. The molecule has 0 atom stereocenters. The maximum absolute atomic E-state index is 12.4. The van der Waals surface area contributed by atoms with Crippen LogP contribution in [0, 0.1) is 0 Å². The van der Waals surface area contributed by atoms with Gasteiger partial charge in [-0.05, 0) is 37.1 Å². The lowest BCUT2D eigenvalue weighted by Crippen LogP contribution is -2.30. The molecule has 0 unspecified atom stereocenters. The highest BCUT2D eigenvalue weighted by Crippen LogP contribution is 2.28. The molecule has 22 heavy (non-hydrogen) atoms. The van der Waals surface area contributed by atoms with E-state index >= 15 is 0 Å². The number of rotatable bonds is 5. The quantitative estimate of drug-likeness (QED) is 0.668. The van der Waals surface area contributed by atoms with E-state index in [1.807, 2.05) is 17.5 Å². The molecule has 5 nitrogen and oxygen atoms in total. The van der Waals surface area contributed by atoms with Crippen molar-refractivity contribution in [3.8, 4) is 0 Å². The molecule has 2 N–H and O–H groups in total. The Morgan fingerprint density at radius 1 is 1.41 bits per heavy atom. The Bertz CT molecular complexity index is 738. The van der Waals surface area contributed by atoms with Crippen molar-refractivity contribution in [1.82, 2.24) is 9.55 Å². The highest BCUT2D eigenvalue weighted by molar-refractivity contribution is 7.99. The number of thiophene rings is 1. The zero-order valence-electron chi connectivity index (χ0n) is 12.1. The molecule has 2 aromatic rings. The van der Waals surface area contributed by atoms with E-state index in [1.54, 1.807) is 15.9 Å². The largest absolute Gasteiger partial charge is 0.369 e. The van der Waals surface area contributed by atoms with Crippen molar-refractivity contribution < 1.29 is 4.79 Å². The summed E-state index contributed by atoms with van der Waals surface area (Å²) in [5, 5.41) is 2.69. The molecule has 0 bridgehead atoms. The molecule has 1 amide bonds. The summed E-state index contributed by atoms with van der Waals surface area (Å²) in [6.45, 7) is 0.576. The second kappa shape index (κ2) is 6.66. The molecule has 0 radical (unpaired) electrons. The second-order valence-corrected chi connectivity index (χ2v) is 7.25. The van der Waals surface area contributed by atoms with Crippen LogP contribution in [0.25, 0.3) is 0 Å². The molecule has 2 heterocycles. The fourth-order valence-corrected chi connectivity index (χ4v) is 4.24. The Morgan fingerprint density at radius 2 is 2.23 bits per heavy atom. The number of primary amides is 1. The van der Waals surface area contributed by atoms with Gasteiger partial charge >= 0.3 is 5.69 Å². The van der Waals surface area contributed by atoms with Crippen LogP contribution in [-0.2, 0) is 24.2 Å². The lowest BCUT2D eigenvalue weighted by molar-refractivity contribution is -0.115. The Kier molecular flexibility index (Phi) is 4.63. The van der Waals surface area contributed by atoms with E-state index in [0.717, 1.165) is 41.8 Å². The minimum Gasteiger partial charge on any atom is -0.369 e. The molecule has 7 heteroatoms. The number of hydrogen-bond donors (Lipinski definition) is 1. The van der Waals surface area contributed by atoms with Crippen LogP contribution in [0.3, 0.4) is 0 Å². The third-order valence-corrected chi connectivity index (χ3v) is 5.60. The van der Waals surface area contributed by atoms with Crippen LogP contribution >= 0.6 is 23.1 Å². The summed E-state index contributed by atoms with van der Waals surface area (Å²) >= 11 is 2.92. The smallest absolute Gasteiger partial charge is 0.349 e. The van der Waals surface area contributed by atoms with Crippen LogP contribution in [0.1, 0.15) is 29.0 Å². The molecule has 0 aromatic carbocycles. The van der Waals surface area contributed by atoms with Gasteiger partial charge in [-0.15, -0.1) is 11.3 Å². The van der Waals surface area contributed by atoms with E-state index < -0.39 is 0 Å². The van der Waals surface area contributed by atoms with Gasteiger partial charge in [0.15, 0.2) is 0 Å². The first-order chi connectivity index (χ1) is 10.6. The van der Waals surface area contributed by atoms with Gasteiger partial charge < -0.3 is 5.73 Å². The van der Waals surface area contributed by atoms with Crippen molar-refractivity contribution in [3.63, 3.8) is 0 Å². The van der Waals surface area contributed by atoms with Gasteiger partial charge in [0, 0.05) is 16.1 Å². The number of amides is 1. The zero-order valence-corrected chi connectivity index (χ0v) is 13.7. The molecule has 3 rings (SSSR count). The molecule has 0 spiro atoms. The van der Waals surface area contributed by atoms with Crippen LogP contribution in [-0.4, -0.2) is 21.2 Å². The van der Waals surface area contributed by atoms with Crippen molar-refractivity contribution in [2.24, 2.45) is 5.73 Å². The molecule has 0 aliphatic heterocycles. The monoisotopic (exact) mass is 335 g/mol. The molecule has 1 aliphatic rings. The number of carbonyl (C=O) groups excluding carboxylic acids is 1. The van der Waals surface area contributed by atoms with Crippen LogP contribution in [0.2, 0.25) is 0 Å². The van der Waals surface area contributed by atoms with Crippen LogP contribution in [0.4, 0.5) is 0 Å². The van der Waals surface area contributed by atoms with E-state index in [9.17, 15) is 9.59 Å². The number of thioether (sulfide) groups is 1. The van der Waals surface area contributed by atoms with Crippen molar-refractivity contribution in [3.05, 3.63) is 44.1 Å². The highest BCUT2D eigenvalue weighted by atomic mass is 32.2. The van der Waals surface area contributed by atoms with Crippen molar-refractivity contribution in [1.29, 1.82) is 0 Å². The van der Waals surface area contributed by atoms with Gasteiger partial charge in [0.05, 0.1) is 12.3 Å². The van der Waals surface area contributed by atoms with Gasteiger partial charge in [-0.2, -0.15) is 4.98 Å². The number of fused-ring (bicyclic) bond motifs is 1. The Labute approximate surface area is 136 Å². The molecule has 0 fully saturated rings. The summed E-state index contributed by atoms with van der Waals surface area (Å²) in [5.41, 5.74) is 7.16. The van der Waals surface area contributed by atoms with Gasteiger partial charge in [0.25, 0.3) is 0 Å². The third-order valence-electron chi connectivity index (χ3n) is 3.70. The summed E-state index contributed by atoms with van der Waals surface area (Å²) in [5.74, 6) is -0.229. The predicted molar refractivity (Wildman–Crippen MR) is 88.5 cm³/mol. The van der Waals surface area contributed by atoms with Crippen molar-refractivity contribution in [2.75, 3.05) is 5.75 Å². The fraction of sp³-hybridized carbons (Fsp3) is 0.400. The van der Waals surface area contributed by atoms with Gasteiger partial charge in [-0.1, -0.05) is 17.8 Å². The van der Waals surface area contributed by atoms with E-state index in [1.165, 1.54) is 11.8 Å². The maximum atomic E-state index is 12.4. The molecule has 2 aromatic heterocycles.